The normalized spacial score (nSPS) is 13.7. The zero-order valence-electron chi connectivity index (χ0n) is 17.8. The van der Waals surface area contributed by atoms with Crippen LogP contribution in [0.2, 0.25) is 0 Å². The van der Waals surface area contributed by atoms with Crippen molar-refractivity contribution in [3.05, 3.63) is 101 Å². The zero-order valence-corrected chi connectivity index (χ0v) is 17.8. The van der Waals surface area contributed by atoms with Crippen LogP contribution >= 0.6 is 0 Å². The number of hydrogen-bond acceptors (Lipinski definition) is 1. The monoisotopic (exact) mass is 382 g/mol. The molecule has 1 aromatic heterocycles. The molecule has 0 fully saturated rings. The Morgan fingerprint density at radius 1 is 0.724 bits per heavy atom. The average Bonchev–Trinajstić information content (AvgIpc) is 3.13. The summed E-state index contributed by atoms with van der Waals surface area (Å²) < 4.78 is 2.41. The number of para-hydroxylation sites is 2. The van der Waals surface area contributed by atoms with Crippen LogP contribution in [-0.2, 0) is 6.42 Å². The molecule has 0 aliphatic heterocycles. The van der Waals surface area contributed by atoms with Crippen molar-refractivity contribution < 1.29 is 0 Å². The first-order valence-electron chi connectivity index (χ1n) is 10.6. The molecule has 0 aliphatic rings. The number of rotatable bonds is 6. The molecular weight excluding hydrogens is 352 g/mol. The molecular formula is C27H30N2. The highest BCUT2D eigenvalue weighted by molar-refractivity contribution is 5.76. The van der Waals surface area contributed by atoms with Crippen molar-refractivity contribution in [2.24, 2.45) is 5.92 Å². The standard InChI is InChI=1S/C27H30N2/c1-19(2)18-22-14-16-23(17-15-22)20(3)27-28-25-12-8-9-13-26(25)29(27)21(4)24-10-6-5-7-11-24/h5-17,19-21H,18H2,1-4H3/t20-,21+/m1/s1. The number of nitrogens with zero attached hydrogens (tertiary/aromatic N) is 2. The quantitative estimate of drug-likeness (QED) is 0.351. The summed E-state index contributed by atoms with van der Waals surface area (Å²) in [5.74, 6) is 2.02. The molecule has 0 radical (unpaired) electrons. The van der Waals surface area contributed by atoms with E-state index in [0.717, 1.165) is 17.8 Å². The molecule has 0 aliphatic carbocycles. The highest BCUT2D eigenvalue weighted by Gasteiger charge is 2.22. The van der Waals surface area contributed by atoms with E-state index in [1.54, 1.807) is 0 Å². The third kappa shape index (κ3) is 3.98. The zero-order chi connectivity index (χ0) is 20.4. The number of fused-ring (bicyclic) bond motifs is 1. The van der Waals surface area contributed by atoms with E-state index < -0.39 is 0 Å². The third-order valence-electron chi connectivity index (χ3n) is 5.80. The van der Waals surface area contributed by atoms with Crippen molar-refractivity contribution in [1.29, 1.82) is 0 Å². The fraction of sp³-hybridized carbons (Fsp3) is 0.296. The summed E-state index contributed by atoms with van der Waals surface area (Å²) in [5, 5.41) is 0. The van der Waals surface area contributed by atoms with Crippen molar-refractivity contribution in [3.63, 3.8) is 0 Å². The van der Waals surface area contributed by atoms with E-state index in [1.807, 2.05) is 0 Å². The van der Waals surface area contributed by atoms with Crippen molar-refractivity contribution >= 4 is 11.0 Å². The molecule has 3 aromatic carbocycles. The maximum Gasteiger partial charge on any atom is 0.117 e. The summed E-state index contributed by atoms with van der Waals surface area (Å²) in [4.78, 5) is 5.07. The highest BCUT2D eigenvalue weighted by atomic mass is 15.1. The van der Waals surface area contributed by atoms with Gasteiger partial charge in [0.1, 0.15) is 5.82 Å². The Labute approximate surface area is 174 Å². The van der Waals surface area contributed by atoms with Crippen molar-refractivity contribution in [3.8, 4) is 0 Å². The van der Waals surface area contributed by atoms with Crippen LogP contribution in [0.4, 0.5) is 0 Å². The van der Waals surface area contributed by atoms with Crippen LogP contribution < -0.4 is 0 Å². The Balaban J connectivity index is 1.77. The molecule has 0 unspecified atom stereocenters. The molecule has 0 saturated carbocycles. The van der Waals surface area contributed by atoms with Gasteiger partial charge < -0.3 is 4.57 Å². The maximum absolute atomic E-state index is 5.07. The van der Waals surface area contributed by atoms with Gasteiger partial charge in [0.2, 0.25) is 0 Å². The summed E-state index contributed by atoms with van der Waals surface area (Å²) in [6.07, 6.45) is 1.12. The minimum atomic E-state index is 0.223. The predicted molar refractivity (Wildman–Crippen MR) is 122 cm³/mol. The van der Waals surface area contributed by atoms with Gasteiger partial charge in [-0.25, -0.2) is 4.98 Å². The largest absolute Gasteiger partial charge is 0.320 e. The van der Waals surface area contributed by atoms with Gasteiger partial charge >= 0.3 is 0 Å². The predicted octanol–water partition coefficient (Wildman–Crippen LogP) is 7.00. The second-order valence-electron chi connectivity index (χ2n) is 8.48. The molecule has 2 heteroatoms. The van der Waals surface area contributed by atoms with Crippen LogP contribution in [0.3, 0.4) is 0 Å². The number of hydrogen-bond donors (Lipinski definition) is 0. The average molecular weight is 383 g/mol. The molecule has 4 aromatic rings. The van der Waals surface area contributed by atoms with Gasteiger partial charge in [0.15, 0.2) is 0 Å². The fourth-order valence-corrected chi connectivity index (χ4v) is 4.22. The Bertz CT molecular complexity index is 1070. The summed E-state index contributed by atoms with van der Waals surface area (Å²) in [6, 6.07) is 28.5. The number of imidazole rings is 1. The second kappa shape index (κ2) is 8.24. The smallest absolute Gasteiger partial charge is 0.117 e. The first-order valence-corrected chi connectivity index (χ1v) is 10.6. The van der Waals surface area contributed by atoms with E-state index in [-0.39, 0.29) is 12.0 Å². The molecule has 148 valence electrons. The molecule has 4 rings (SSSR count). The molecule has 2 nitrogen and oxygen atoms in total. The molecule has 0 spiro atoms. The van der Waals surface area contributed by atoms with Crippen molar-refractivity contribution in [2.45, 2.75) is 46.1 Å². The second-order valence-corrected chi connectivity index (χ2v) is 8.48. The van der Waals surface area contributed by atoms with Gasteiger partial charge in [0, 0.05) is 5.92 Å². The van der Waals surface area contributed by atoms with Gasteiger partial charge in [-0.1, -0.05) is 87.5 Å². The third-order valence-corrected chi connectivity index (χ3v) is 5.80. The fourth-order valence-electron chi connectivity index (χ4n) is 4.22. The topological polar surface area (TPSA) is 17.8 Å². The minimum Gasteiger partial charge on any atom is -0.320 e. The molecule has 29 heavy (non-hydrogen) atoms. The van der Waals surface area contributed by atoms with Gasteiger partial charge in [-0.15, -0.1) is 0 Å². The summed E-state index contributed by atoms with van der Waals surface area (Å²) in [6.45, 7) is 9.08. The van der Waals surface area contributed by atoms with E-state index >= 15 is 0 Å². The van der Waals surface area contributed by atoms with Gasteiger partial charge in [-0.05, 0) is 48.1 Å². The van der Waals surface area contributed by atoms with Gasteiger partial charge in [0.05, 0.1) is 17.1 Å². The molecule has 0 saturated heterocycles. The van der Waals surface area contributed by atoms with E-state index in [9.17, 15) is 0 Å². The van der Waals surface area contributed by atoms with Crippen molar-refractivity contribution in [1.82, 2.24) is 9.55 Å². The van der Waals surface area contributed by atoms with E-state index in [0.29, 0.717) is 5.92 Å². The summed E-state index contributed by atoms with van der Waals surface area (Å²) in [7, 11) is 0. The lowest BCUT2D eigenvalue weighted by Crippen LogP contribution is -2.13. The first kappa shape index (κ1) is 19.4. The minimum absolute atomic E-state index is 0.223. The van der Waals surface area contributed by atoms with Gasteiger partial charge in [-0.2, -0.15) is 0 Å². The van der Waals surface area contributed by atoms with Gasteiger partial charge in [-0.3, -0.25) is 0 Å². The Hall–Kier alpha value is -2.87. The SMILES string of the molecule is CC(C)Cc1ccc([C@@H](C)c2nc3ccccc3n2[C@@H](C)c2ccccc2)cc1. The van der Waals surface area contributed by atoms with E-state index in [1.165, 1.54) is 22.2 Å². The highest BCUT2D eigenvalue weighted by Crippen LogP contribution is 2.32. The Morgan fingerprint density at radius 2 is 1.38 bits per heavy atom. The lowest BCUT2D eigenvalue weighted by Gasteiger charge is -2.21. The number of aromatic nitrogens is 2. The maximum atomic E-state index is 5.07. The molecule has 0 N–H and O–H groups in total. The van der Waals surface area contributed by atoms with E-state index in [4.69, 9.17) is 4.98 Å². The molecule has 1 heterocycles. The van der Waals surface area contributed by atoms with Gasteiger partial charge in [0.25, 0.3) is 0 Å². The van der Waals surface area contributed by atoms with Crippen LogP contribution in [0.15, 0.2) is 78.9 Å². The van der Waals surface area contributed by atoms with Crippen molar-refractivity contribution in [2.75, 3.05) is 0 Å². The Morgan fingerprint density at radius 3 is 2.07 bits per heavy atom. The lowest BCUT2D eigenvalue weighted by molar-refractivity contribution is 0.603. The summed E-state index contributed by atoms with van der Waals surface area (Å²) in [5.41, 5.74) is 6.28. The Kier molecular flexibility index (Phi) is 5.53. The van der Waals surface area contributed by atoms with E-state index in [2.05, 4.69) is 111 Å². The number of benzene rings is 3. The summed E-state index contributed by atoms with van der Waals surface area (Å²) >= 11 is 0. The molecule has 0 bridgehead atoms. The molecule has 0 amide bonds. The molecule has 2 atom stereocenters. The van der Waals surface area contributed by atoms with Crippen LogP contribution in [-0.4, -0.2) is 9.55 Å². The van der Waals surface area contributed by atoms with Crippen LogP contribution in [0.5, 0.6) is 0 Å². The van der Waals surface area contributed by atoms with Crippen LogP contribution in [0.1, 0.15) is 62.2 Å². The lowest BCUT2D eigenvalue weighted by atomic mass is 9.96. The van der Waals surface area contributed by atoms with Crippen LogP contribution in [0, 0.1) is 5.92 Å². The first-order chi connectivity index (χ1) is 14.0. The van der Waals surface area contributed by atoms with Crippen LogP contribution in [0.25, 0.3) is 11.0 Å².